The van der Waals surface area contributed by atoms with E-state index in [1.54, 1.807) is 12.1 Å². The first kappa shape index (κ1) is 13.5. The fourth-order valence-corrected chi connectivity index (χ4v) is 3.06. The smallest absolute Gasteiger partial charge is 0.205 e. The average Bonchev–Trinajstić information content (AvgIpc) is 2.90. The van der Waals surface area contributed by atoms with E-state index in [9.17, 15) is 4.39 Å². The first-order valence-electron chi connectivity index (χ1n) is 6.76. The van der Waals surface area contributed by atoms with E-state index in [0.717, 1.165) is 36.2 Å². The van der Waals surface area contributed by atoms with Crippen LogP contribution in [0.3, 0.4) is 0 Å². The molecular weight excluding hydrogens is 275 g/mol. The number of benzene rings is 1. The summed E-state index contributed by atoms with van der Waals surface area (Å²) in [5.74, 6) is 0.596. The molecule has 0 radical (unpaired) electrons. The number of anilines is 1. The van der Waals surface area contributed by atoms with E-state index in [2.05, 4.69) is 26.5 Å². The molecule has 1 fully saturated rings. The van der Waals surface area contributed by atoms with Crippen LogP contribution in [0.5, 0.6) is 0 Å². The van der Waals surface area contributed by atoms with Crippen molar-refractivity contribution >= 4 is 16.7 Å². The quantitative estimate of drug-likeness (QED) is 0.940. The molecule has 0 saturated carbocycles. The number of hydrogen-bond acceptors (Lipinski definition) is 5. The van der Waals surface area contributed by atoms with E-state index in [1.807, 2.05) is 0 Å². The summed E-state index contributed by atoms with van der Waals surface area (Å²) in [6.45, 7) is 5.08. The van der Waals surface area contributed by atoms with Crippen LogP contribution in [0.25, 0.3) is 0 Å². The summed E-state index contributed by atoms with van der Waals surface area (Å²) in [7, 11) is 0. The van der Waals surface area contributed by atoms with Gasteiger partial charge in [0.1, 0.15) is 11.6 Å². The van der Waals surface area contributed by atoms with Crippen molar-refractivity contribution in [2.45, 2.75) is 19.4 Å². The molecule has 106 valence electrons. The van der Waals surface area contributed by atoms with Crippen LogP contribution < -0.4 is 10.2 Å². The molecule has 0 amide bonds. The fraction of sp³-hybridized carbons (Fsp3) is 0.429. The van der Waals surface area contributed by atoms with E-state index in [0.29, 0.717) is 12.5 Å². The Morgan fingerprint density at radius 2 is 2.20 bits per heavy atom. The summed E-state index contributed by atoms with van der Waals surface area (Å²) < 4.78 is 17.3. The maximum Gasteiger partial charge on any atom is 0.205 e. The molecule has 0 bridgehead atoms. The minimum Gasteiger partial charge on any atom is -0.344 e. The second kappa shape index (κ2) is 5.85. The van der Waals surface area contributed by atoms with Gasteiger partial charge in [0, 0.05) is 43.6 Å². The normalized spacial score (nSPS) is 19.3. The SMILES string of the molecule is C[C@@H]1CN(c2nc(Cc3ccc(F)cc3)ns2)CCN1. The molecule has 3 rings (SSSR count). The van der Waals surface area contributed by atoms with E-state index in [1.165, 1.54) is 23.7 Å². The maximum absolute atomic E-state index is 12.9. The molecule has 1 aliphatic heterocycles. The van der Waals surface area contributed by atoms with Crippen LogP contribution in [0.1, 0.15) is 18.3 Å². The molecule has 2 aromatic rings. The highest BCUT2D eigenvalue weighted by Crippen LogP contribution is 2.20. The molecule has 1 saturated heterocycles. The number of hydrogen-bond donors (Lipinski definition) is 1. The van der Waals surface area contributed by atoms with Gasteiger partial charge in [-0.2, -0.15) is 4.37 Å². The maximum atomic E-state index is 12.9. The summed E-state index contributed by atoms with van der Waals surface area (Å²) in [6.07, 6.45) is 0.651. The van der Waals surface area contributed by atoms with Crippen molar-refractivity contribution in [3.05, 3.63) is 41.5 Å². The lowest BCUT2D eigenvalue weighted by molar-refractivity contribution is 0.484. The van der Waals surface area contributed by atoms with Crippen molar-refractivity contribution in [2.75, 3.05) is 24.5 Å². The van der Waals surface area contributed by atoms with Crippen molar-refractivity contribution in [3.8, 4) is 0 Å². The molecule has 1 aromatic heterocycles. The molecule has 0 unspecified atom stereocenters. The Kier molecular flexibility index (Phi) is 3.93. The van der Waals surface area contributed by atoms with Crippen LogP contribution in [0.2, 0.25) is 0 Å². The molecule has 1 N–H and O–H groups in total. The predicted octanol–water partition coefficient (Wildman–Crippen LogP) is 2.07. The van der Waals surface area contributed by atoms with Crippen LogP contribution in [-0.4, -0.2) is 35.0 Å². The lowest BCUT2D eigenvalue weighted by atomic mass is 10.1. The van der Waals surface area contributed by atoms with E-state index >= 15 is 0 Å². The van der Waals surface area contributed by atoms with Crippen molar-refractivity contribution in [3.63, 3.8) is 0 Å². The largest absolute Gasteiger partial charge is 0.344 e. The van der Waals surface area contributed by atoms with Crippen molar-refractivity contribution in [2.24, 2.45) is 0 Å². The van der Waals surface area contributed by atoms with E-state index < -0.39 is 0 Å². The van der Waals surface area contributed by atoms with Gasteiger partial charge in [-0.3, -0.25) is 0 Å². The van der Waals surface area contributed by atoms with Crippen molar-refractivity contribution in [1.82, 2.24) is 14.7 Å². The summed E-state index contributed by atoms with van der Waals surface area (Å²) >= 11 is 1.44. The Labute approximate surface area is 121 Å². The minimum absolute atomic E-state index is 0.213. The molecule has 20 heavy (non-hydrogen) atoms. The third-order valence-electron chi connectivity index (χ3n) is 3.37. The van der Waals surface area contributed by atoms with Crippen LogP contribution in [0.15, 0.2) is 24.3 Å². The van der Waals surface area contributed by atoms with Gasteiger partial charge in [-0.1, -0.05) is 12.1 Å². The lowest BCUT2D eigenvalue weighted by Crippen LogP contribution is -2.49. The zero-order valence-electron chi connectivity index (χ0n) is 11.3. The number of nitrogens with one attached hydrogen (secondary N) is 1. The number of aromatic nitrogens is 2. The zero-order chi connectivity index (χ0) is 13.9. The van der Waals surface area contributed by atoms with Crippen LogP contribution in [0.4, 0.5) is 9.52 Å². The van der Waals surface area contributed by atoms with Crippen LogP contribution in [0, 0.1) is 5.82 Å². The zero-order valence-corrected chi connectivity index (χ0v) is 12.2. The third kappa shape index (κ3) is 3.13. The molecule has 0 spiro atoms. The molecular formula is C14H17FN4S. The predicted molar refractivity (Wildman–Crippen MR) is 78.8 cm³/mol. The number of nitrogens with zero attached hydrogens (tertiary/aromatic N) is 3. The Bertz CT molecular complexity index is 569. The molecule has 4 nitrogen and oxygen atoms in total. The van der Waals surface area contributed by atoms with Gasteiger partial charge in [-0.15, -0.1) is 0 Å². The highest BCUT2D eigenvalue weighted by Gasteiger charge is 2.19. The van der Waals surface area contributed by atoms with Crippen molar-refractivity contribution in [1.29, 1.82) is 0 Å². The van der Waals surface area contributed by atoms with Gasteiger partial charge in [0.25, 0.3) is 0 Å². The second-order valence-corrected chi connectivity index (χ2v) is 5.83. The third-order valence-corrected chi connectivity index (χ3v) is 4.19. The van der Waals surface area contributed by atoms with Gasteiger partial charge in [-0.25, -0.2) is 9.37 Å². The second-order valence-electron chi connectivity index (χ2n) is 5.10. The van der Waals surface area contributed by atoms with Gasteiger partial charge in [-0.05, 0) is 24.6 Å². The van der Waals surface area contributed by atoms with Gasteiger partial charge >= 0.3 is 0 Å². The summed E-state index contributed by atoms with van der Waals surface area (Å²) in [6, 6.07) is 6.99. The van der Waals surface area contributed by atoms with E-state index in [4.69, 9.17) is 0 Å². The molecule has 1 atom stereocenters. The molecule has 1 aromatic carbocycles. The highest BCUT2D eigenvalue weighted by atomic mass is 32.1. The van der Waals surface area contributed by atoms with Crippen LogP contribution >= 0.6 is 11.5 Å². The van der Waals surface area contributed by atoms with Gasteiger partial charge in [0.05, 0.1) is 0 Å². The molecule has 6 heteroatoms. The number of piperazine rings is 1. The van der Waals surface area contributed by atoms with Gasteiger partial charge in [0.15, 0.2) is 0 Å². The Morgan fingerprint density at radius 1 is 1.40 bits per heavy atom. The molecule has 0 aliphatic carbocycles. The summed E-state index contributed by atoms with van der Waals surface area (Å²) in [4.78, 5) is 6.87. The van der Waals surface area contributed by atoms with Gasteiger partial charge in [0.2, 0.25) is 5.13 Å². The fourth-order valence-electron chi connectivity index (χ4n) is 2.34. The summed E-state index contributed by atoms with van der Waals surface area (Å²) in [5, 5.41) is 4.39. The Hall–Kier alpha value is -1.53. The Morgan fingerprint density at radius 3 is 2.95 bits per heavy atom. The topological polar surface area (TPSA) is 41.1 Å². The summed E-state index contributed by atoms with van der Waals surface area (Å²) in [5.41, 5.74) is 1.03. The van der Waals surface area contributed by atoms with Crippen LogP contribution in [-0.2, 0) is 6.42 Å². The first-order valence-corrected chi connectivity index (χ1v) is 7.53. The number of rotatable bonds is 3. The number of halogens is 1. The highest BCUT2D eigenvalue weighted by molar-refractivity contribution is 7.09. The monoisotopic (exact) mass is 292 g/mol. The first-order chi connectivity index (χ1) is 9.70. The average molecular weight is 292 g/mol. The molecule has 1 aliphatic rings. The minimum atomic E-state index is -0.213. The van der Waals surface area contributed by atoms with Gasteiger partial charge < -0.3 is 10.2 Å². The standard InChI is InChI=1S/C14H17FN4S/c1-10-9-19(7-6-16-10)14-17-13(18-20-14)8-11-2-4-12(15)5-3-11/h2-5,10,16H,6-9H2,1H3/t10-/m1/s1. The Balaban J connectivity index is 1.68. The van der Waals surface area contributed by atoms with Crippen molar-refractivity contribution < 1.29 is 4.39 Å². The van der Waals surface area contributed by atoms with E-state index in [-0.39, 0.29) is 5.82 Å². The lowest BCUT2D eigenvalue weighted by Gasteiger charge is -2.31. The molecule has 2 heterocycles.